The standard InChI is InChI=1S/C28H29FN4O4/c1-15-10-13-22(21(29)14-15)32-25-16(2)28(36)37-26-20(8-6-7-9-23(30-5)31-18(4)34)17(3)33(19-11-12-19)27(35)24(25)26/h6-7,9-10,13-14,19,32H,5,8,11-12H2,1-4H3,(H,31,34)/b7-6-,23-9+. The molecule has 3 aromatic rings. The van der Waals surface area contributed by atoms with Gasteiger partial charge in [-0.3, -0.25) is 9.59 Å². The predicted octanol–water partition coefficient (Wildman–Crippen LogP) is 4.87. The zero-order valence-electron chi connectivity index (χ0n) is 21.3. The molecule has 1 aliphatic rings. The molecule has 0 radical (unpaired) electrons. The number of halogens is 1. The maximum Gasteiger partial charge on any atom is 0.341 e. The fraction of sp³-hybridized carbons (Fsp3) is 0.286. The summed E-state index contributed by atoms with van der Waals surface area (Å²) in [5.74, 6) is -0.467. The first-order valence-electron chi connectivity index (χ1n) is 12.0. The summed E-state index contributed by atoms with van der Waals surface area (Å²) < 4.78 is 22.1. The summed E-state index contributed by atoms with van der Waals surface area (Å²) in [7, 11) is 0. The minimum atomic E-state index is -0.612. The van der Waals surface area contributed by atoms with Gasteiger partial charge in [-0.15, -0.1) is 0 Å². The van der Waals surface area contributed by atoms with Crippen molar-refractivity contribution in [3.8, 4) is 0 Å². The Morgan fingerprint density at radius 1 is 1.27 bits per heavy atom. The molecule has 192 valence electrons. The number of rotatable bonds is 8. The van der Waals surface area contributed by atoms with Crippen molar-refractivity contribution in [2.24, 2.45) is 4.99 Å². The molecule has 8 nitrogen and oxygen atoms in total. The molecule has 9 heteroatoms. The lowest BCUT2D eigenvalue weighted by molar-refractivity contribution is -0.118. The number of hydrogen-bond donors (Lipinski definition) is 2. The zero-order valence-corrected chi connectivity index (χ0v) is 21.3. The fourth-order valence-corrected chi connectivity index (χ4v) is 4.31. The number of aromatic nitrogens is 1. The van der Waals surface area contributed by atoms with Crippen molar-refractivity contribution < 1.29 is 13.6 Å². The Morgan fingerprint density at radius 3 is 2.62 bits per heavy atom. The summed E-state index contributed by atoms with van der Waals surface area (Å²) in [5, 5.41) is 5.77. The number of carbonyl (C=O) groups excluding carboxylic acids is 1. The van der Waals surface area contributed by atoms with Crippen LogP contribution in [0.2, 0.25) is 0 Å². The van der Waals surface area contributed by atoms with Crippen molar-refractivity contribution in [3.05, 3.63) is 91.2 Å². The number of aliphatic imine (C=N–C) groups is 1. The lowest BCUT2D eigenvalue weighted by Crippen LogP contribution is -2.26. The van der Waals surface area contributed by atoms with Gasteiger partial charge in [-0.25, -0.2) is 14.2 Å². The summed E-state index contributed by atoms with van der Waals surface area (Å²) in [6.07, 6.45) is 7.19. The summed E-state index contributed by atoms with van der Waals surface area (Å²) in [5.41, 5.74) is 1.99. The number of amides is 1. The van der Waals surface area contributed by atoms with Gasteiger partial charge in [0.1, 0.15) is 17.0 Å². The zero-order chi connectivity index (χ0) is 26.9. The predicted molar refractivity (Wildman–Crippen MR) is 143 cm³/mol. The van der Waals surface area contributed by atoms with Crippen molar-refractivity contribution >= 4 is 35.0 Å². The van der Waals surface area contributed by atoms with Crippen LogP contribution in [0.15, 0.2) is 61.2 Å². The molecule has 0 spiro atoms. The average molecular weight is 505 g/mol. The molecule has 0 bridgehead atoms. The molecule has 1 aliphatic carbocycles. The number of hydrogen-bond acceptors (Lipinski definition) is 6. The van der Waals surface area contributed by atoms with Crippen molar-refractivity contribution in [1.29, 1.82) is 0 Å². The molecular formula is C28H29FN4O4. The Balaban J connectivity index is 1.89. The number of nitrogens with zero attached hydrogens (tertiary/aromatic N) is 2. The quantitative estimate of drug-likeness (QED) is 0.336. The van der Waals surface area contributed by atoms with Crippen molar-refractivity contribution in [2.45, 2.75) is 53.0 Å². The van der Waals surface area contributed by atoms with Gasteiger partial charge in [0.15, 0.2) is 5.58 Å². The molecule has 37 heavy (non-hydrogen) atoms. The van der Waals surface area contributed by atoms with E-state index in [-0.39, 0.29) is 45.4 Å². The molecular weight excluding hydrogens is 475 g/mol. The minimum absolute atomic E-state index is 0.0621. The van der Waals surface area contributed by atoms with E-state index in [2.05, 4.69) is 22.3 Å². The van der Waals surface area contributed by atoms with Crippen LogP contribution in [0.4, 0.5) is 15.8 Å². The Morgan fingerprint density at radius 2 is 2.00 bits per heavy atom. The van der Waals surface area contributed by atoms with Crippen molar-refractivity contribution in [3.63, 3.8) is 0 Å². The van der Waals surface area contributed by atoms with Crippen molar-refractivity contribution in [1.82, 2.24) is 9.88 Å². The molecule has 4 rings (SSSR count). The summed E-state index contributed by atoms with van der Waals surface area (Å²) in [6.45, 7) is 9.97. The van der Waals surface area contributed by atoms with Crippen LogP contribution in [0.1, 0.15) is 48.2 Å². The molecule has 1 aromatic carbocycles. The number of benzene rings is 1. The van der Waals surface area contributed by atoms with Crippen LogP contribution >= 0.6 is 0 Å². The van der Waals surface area contributed by atoms with Crippen LogP contribution in [0.25, 0.3) is 11.0 Å². The highest BCUT2D eigenvalue weighted by molar-refractivity contribution is 5.94. The number of aryl methyl sites for hydroxylation is 1. The molecule has 0 unspecified atom stereocenters. The molecule has 0 saturated heterocycles. The second kappa shape index (κ2) is 10.4. The van der Waals surface area contributed by atoms with Crippen LogP contribution in [0.3, 0.4) is 0 Å². The number of nitrogens with one attached hydrogen (secondary N) is 2. The molecule has 0 atom stereocenters. The van der Waals surface area contributed by atoms with E-state index in [4.69, 9.17) is 4.42 Å². The second-order valence-corrected chi connectivity index (χ2v) is 9.20. The van der Waals surface area contributed by atoms with E-state index in [0.717, 1.165) is 18.4 Å². The molecule has 2 heterocycles. The molecule has 2 aromatic heterocycles. The SMILES string of the molecule is C=N/C(=C\C=C/Cc1c(C)n(C2CC2)c(=O)c2c(Nc3ccc(C)cc3F)c(C)c(=O)oc12)NC(C)=O. The van der Waals surface area contributed by atoms with Crippen LogP contribution in [-0.2, 0) is 11.2 Å². The molecule has 1 saturated carbocycles. The van der Waals surface area contributed by atoms with E-state index in [9.17, 15) is 18.8 Å². The summed E-state index contributed by atoms with van der Waals surface area (Å²) in [6, 6.07) is 4.77. The average Bonchev–Trinajstić information content (AvgIpc) is 3.67. The molecule has 0 aliphatic heterocycles. The first-order valence-corrected chi connectivity index (χ1v) is 12.0. The van der Waals surface area contributed by atoms with E-state index >= 15 is 0 Å². The third kappa shape index (κ3) is 5.30. The number of carbonyl (C=O) groups is 1. The van der Waals surface area contributed by atoms with Crippen molar-refractivity contribution in [2.75, 3.05) is 5.32 Å². The monoisotopic (exact) mass is 504 g/mol. The highest BCUT2D eigenvalue weighted by Gasteiger charge is 2.30. The number of pyridine rings is 1. The fourth-order valence-electron chi connectivity index (χ4n) is 4.31. The van der Waals surface area contributed by atoms with E-state index in [1.165, 1.54) is 13.0 Å². The van der Waals surface area contributed by atoms with Crippen LogP contribution in [0.5, 0.6) is 0 Å². The highest BCUT2D eigenvalue weighted by atomic mass is 19.1. The van der Waals surface area contributed by atoms with Gasteiger partial charge < -0.3 is 19.6 Å². The Hall–Kier alpha value is -4.27. The number of allylic oxidation sites excluding steroid dienone is 3. The second-order valence-electron chi connectivity index (χ2n) is 9.20. The highest BCUT2D eigenvalue weighted by Crippen LogP contribution is 2.38. The summed E-state index contributed by atoms with van der Waals surface area (Å²) >= 11 is 0. The number of anilines is 2. The third-order valence-electron chi connectivity index (χ3n) is 6.34. The van der Waals surface area contributed by atoms with Gasteiger partial charge >= 0.3 is 5.63 Å². The Labute approximate surface area is 213 Å². The van der Waals surface area contributed by atoms with E-state index in [0.29, 0.717) is 23.5 Å². The largest absolute Gasteiger partial charge is 0.422 e. The molecule has 2 N–H and O–H groups in total. The van der Waals surface area contributed by atoms with Gasteiger partial charge in [-0.2, -0.15) is 0 Å². The molecule has 1 amide bonds. The Bertz CT molecular complexity index is 1590. The lowest BCUT2D eigenvalue weighted by Gasteiger charge is -2.18. The topological polar surface area (TPSA) is 106 Å². The number of fused-ring (bicyclic) bond motifs is 1. The lowest BCUT2D eigenvalue weighted by atomic mass is 10.0. The molecule has 1 fully saturated rings. The normalized spacial score (nSPS) is 13.8. The van der Waals surface area contributed by atoms with Gasteiger partial charge in [0.05, 0.1) is 16.9 Å². The minimum Gasteiger partial charge on any atom is -0.422 e. The smallest absolute Gasteiger partial charge is 0.341 e. The van der Waals surface area contributed by atoms with Crippen LogP contribution < -0.4 is 21.8 Å². The maximum atomic E-state index is 14.7. The van der Waals surface area contributed by atoms with Gasteiger partial charge in [-0.05, 0) is 70.5 Å². The van der Waals surface area contributed by atoms with Gasteiger partial charge in [0.25, 0.3) is 5.56 Å². The van der Waals surface area contributed by atoms with Gasteiger partial charge in [-0.1, -0.05) is 18.2 Å². The summed E-state index contributed by atoms with van der Waals surface area (Å²) in [4.78, 5) is 41.6. The van der Waals surface area contributed by atoms with E-state index in [1.807, 2.05) is 13.0 Å². The third-order valence-corrected chi connectivity index (χ3v) is 6.34. The van der Waals surface area contributed by atoms with Crippen LogP contribution in [0, 0.1) is 26.6 Å². The van der Waals surface area contributed by atoms with Gasteiger partial charge in [0.2, 0.25) is 5.91 Å². The Kier molecular flexibility index (Phi) is 7.24. The van der Waals surface area contributed by atoms with Crippen LogP contribution in [-0.4, -0.2) is 17.2 Å². The first kappa shape index (κ1) is 25.8. The van der Waals surface area contributed by atoms with Gasteiger partial charge in [0, 0.05) is 24.2 Å². The van der Waals surface area contributed by atoms with E-state index < -0.39 is 11.4 Å². The first-order chi connectivity index (χ1) is 17.6. The maximum absolute atomic E-state index is 14.7. The van der Waals surface area contributed by atoms with E-state index in [1.54, 1.807) is 42.7 Å².